The summed E-state index contributed by atoms with van der Waals surface area (Å²) in [4.78, 5) is 11.9. The molecule has 0 radical (unpaired) electrons. The van der Waals surface area contributed by atoms with E-state index >= 15 is 0 Å². The molecular weight excluding hydrogens is 242 g/mol. The van der Waals surface area contributed by atoms with E-state index in [0.717, 1.165) is 11.8 Å². The number of benzene rings is 1. The molecule has 102 valence electrons. The molecule has 4 heteroatoms. The van der Waals surface area contributed by atoms with Gasteiger partial charge in [0, 0.05) is 11.9 Å². The van der Waals surface area contributed by atoms with Gasteiger partial charge < -0.3 is 14.5 Å². The molecule has 0 spiro atoms. The Bertz CT molecular complexity index is 572. The van der Waals surface area contributed by atoms with E-state index in [2.05, 4.69) is 19.2 Å². The molecule has 0 saturated carbocycles. The van der Waals surface area contributed by atoms with E-state index in [1.807, 2.05) is 18.2 Å². The molecule has 1 N–H and O–H groups in total. The van der Waals surface area contributed by atoms with Gasteiger partial charge in [-0.25, -0.2) is 0 Å². The van der Waals surface area contributed by atoms with Gasteiger partial charge in [0.15, 0.2) is 17.1 Å². The molecule has 0 aliphatic heterocycles. The van der Waals surface area contributed by atoms with Crippen molar-refractivity contribution in [2.45, 2.75) is 20.3 Å². The van der Waals surface area contributed by atoms with Crippen LogP contribution in [0.5, 0.6) is 5.75 Å². The molecule has 1 aromatic heterocycles. The van der Waals surface area contributed by atoms with Crippen molar-refractivity contribution in [2.75, 3.05) is 13.7 Å². The lowest BCUT2D eigenvalue weighted by Crippen LogP contribution is -2.24. The van der Waals surface area contributed by atoms with E-state index < -0.39 is 0 Å². The minimum absolute atomic E-state index is 0.182. The lowest BCUT2D eigenvalue weighted by atomic mass is 10.1. The standard InChI is InChI=1S/C15H19NO3/c1-10(2)7-8-16-15(17)13-9-11-5-4-6-12(18-3)14(11)19-13/h4-6,9-10H,7-8H2,1-3H3,(H,16,17). The van der Waals surface area contributed by atoms with Gasteiger partial charge in [-0.1, -0.05) is 26.0 Å². The Hall–Kier alpha value is -1.97. The Balaban J connectivity index is 2.14. The Labute approximate surface area is 112 Å². The number of carbonyl (C=O) groups excluding carboxylic acids is 1. The normalized spacial score (nSPS) is 10.9. The van der Waals surface area contributed by atoms with Crippen LogP contribution in [0.15, 0.2) is 28.7 Å². The molecule has 2 rings (SSSR count). The van der Waals surface area contributed by atoms with Crippen LogP contribution >= 0.6 is 0 Å². The lowest BCUT2D eigenvalue weighted by molar-refractivity contribution is 0.0926. The fourth-order valence-electron chi connectivity index (χ4n) is 1.87. The molecular formula is C15H19NO3. The quantitative estimate of drug-likeness (QED) is 0.899. The van der Waals surface area contributed by atoms with Crippen molar-refractivity contribution in [3.8, 4) is 5.75 Å². The predicted molar refractivity (Wildman–Crippen MR) is 74.6 cm³/mol. The number of methoxy groups -OCH3 is 1. The first-order valence-corrected chi connectivity index (χ1v) is 6.46. The summed E-state index contributed by atoms with van der Waals surface area (Å²) in [6, 6.07) is 7.32. The van der Waals surface area contributed by atoms with Crippen molar-refractivity contribution >= 4 is 16.9 Å². The molecule has 0 unspecified atom stereocenters. The Morgan fingerprint density at radius 1 is 1.42 bits per heavy atom. The van der Waals surface area contributed by atoms with Gasteiger partial charge in [-0.05, 0) is 24.5 Å². The van der Waals surface area contributed by atoms with Crippen LogP contribution in [0.2, 0.25) is 0 Å². The van der Waals surface area contributed by atoms with E-state index in [9.17, 15) is 4.79 Å². The largest absolute Gasteiger partial charge is 0.493 e. The SMILES string of the molecule is COc1cccc2cc(C(=O)NCCC(C)C)oc12. The molecule has 4 nitrogen and oxygen atoms in total. The van der Waals surface area contributed by atoms with Crippen LogP contribution in [-0.4, -0.2) is 19.6 Å². The molecule has 1 heterocycles. The second kappa shape index (κ2) is 5.78. The molecule has 1 amide bonds. The molecule has 0 aliphatic carbocycles. The number of furan rings is 1. The molecule has 0 fully saturated rings. The highest BCUT2D eigenvalue weighted by Gasteiger charge is 2.14. The summed E-state index contributed by atoms with van der Waals surface area (Å²) < 4.78 is 10.8. The van der Waals surface area contributed by atoms with Gasteiger partial charge >= 0.3 is 0 Å². The second-order valence-corrected chi connectivity index (χ2v) is 4.93. The number of para-hydroxylation sites is 1. The monoisotopic (exact) mass is 261 g/mol. The number of hydrogen-bond acceptors (Lipinski definition) is 3. The zero-order valence-electron chi connectivity index (χ0n) is 11.5. The molecule has 0 saturated heterocycles. The summed E-state index contributed by atoms with van der Waals surface area (Å²) in [5.41, 5.74) is 0.610. The van der Waals surface area contributed by atoms with E-state index in [1.54, 1.807) is 13.2 Å². The van der Waals surface area contributed by atoms with Crippen molar-refractivity contribution in [1.29, 1.82) is 0 Å². The van der Waals surface area contributed by atoms with Crippen LogP contribution < -0.4 is 10.1 Å². The Kier molecular flexibility index (Phi) is 4.10. The van der Waals surface area contributed by atoms with E-state index in [0.29, 0.717) is 29.6 Å². The lowest BCUT2D eigenvalue weighted by Gasteiger charge is -2.05. The number of ether oxygens (including phenoxy) is 1. The predicted octanol–water partition coefficient (Wildman–Crippen LogP) is 3.22. The summed E-state index contributed by atoms with van der Waals surface area (Å²) in [5, 5.41) is 3.72. The number of carbonyl (C=O) groups is 1. The second-order valence-electron chi connectivity index (χ2n) is 4.93. The summed E-state index contributed by atoms with van der Waals surface area (Å²) in [6.45, 7) is 4.90. The smallest absolute Gasteiger partial charge is 0.287 e. The maximum Gasteiger partial charge on any atom is 0.287 e. The highest BCUT2D eigenvalue weighted by atomic mass is 16.5. The van der Waals surface area contributed by atoms with Crippen LogP contribution in [0, 0.1) is 5.92 Å². The third-order valence-electron chi connectivity index (χ3n) is 2.96. The maximum atomic E-state index is 11.9. The molecule has 19 heavy (non-hydrogen) atoms. The zero-order chi connectivity index (χ0) is 13.8. The van der Waals surface area contributed by atoms with Gasteiger partial charge in [-0.2, -0.15) is 0 Å². The number of amides is 1. The number of fused-ring (bicyclic) bond motifs is 1. The number of nitrogens with one attached hydrogen (secondary N) is 1. The third kappa shape index (κ3) is 3.08. The number of hydrogen-bond donors (Lipinski definition) is 1. The summed E-state index contributed by atoms with van der Waals surface area (Å²) in [6.07, 6.45) is 0.954. The minimum atomic E-state index is -0.182. The number of rotatable bonds is 5. The van der Waals surface area contributed by atoms with Gasteiger partial charge in [0.25, 0.3) is 5.91 Å². The third-order valence-corrected chi connectivity index (χ3v) is 2.96. The van der Waals surface area contributed by atoms with Gasteiger partial charge in [-0.3, -0.25) is 4.79 Å². The molecule has 0 aliphatic rings. The van der Waals surface area contributed by atoms with E-state index in [4.69, 9.17) is 9.15 Å². The van der Waals surface area contributed by atoms with Crippen LogP contribution in [0.3, 0.4) is 0 Å². The highest BCUT2D eigenvalue weighted by Crippen LogP contribution is 2.28. The topological polar surface area (TPSA) is 51.5 Å². The molecule has 0 bridgehead atoms. The zero-order valence-corrected chi connectivity index (χ0v) is 11.5. The highest BCUT2D eigenvalue weighted by molar-refractivity contribution is 5.97. The summed E-state index contributed by atoms with van der Waals surface area (Å²) >= 11 is 0. The van der Waals surface area contributed by atoms with Gasteiger partial charge in [0.1, 0.15) is 0 Å². The average molecular weight is 261 g/mol. The van der Waals surface area contributed by atoms with Gasteiger partial charge in [0.05, 0.1) is 7.11 Å². The van der Waals surface area contributed by atoms with Crippen molar-refractivity contribution in [1.82, 2.24) is 5.32 Å². The maximum absolute atomic E-state index is 11.9. The van der Waals surface area contributed by atoms with E-state index in [-0.39, 0.29) is 5.91 Å². The average Bonchev–Trinajstić information content (AvgIpc) is 2.81. The van der Waals surface area contributed by atoms with Crippen molar-refractivity contribution in [2.24, 2.45) is 5.92 Å². The first kappa shape index (κ1) is 13.5. The summed E-state index contributed by atoms with van der Waals surface area (Å²) in [5.74, 6) is 1.34. The fraction of sp³-hybridized carbons (Fsp3) is 0.400. The fourth-order valence-corrected chi connectivity index (χ4v) is 1.87. The Morgan fingerprint density at radius 2 is 2.21 bits per heavy atom. The Morgan fingerprint density at radius 3 is 2.89 bits per heavy atom. The van der Waals surface area contributed by atoms with Crippen LogP contribution in [-0.2, 0) is 0 Å². The van der Waals surface area contributed by atoms with Gasteiger partial charge in [0.2, 0.25) is 0 Å². The van der Waals surface area contributed by atoms with E-state index in [1.165, 1.54) is 0 Å². The first-order valence-electron chi connectivity index (χ1n) is 6.46. The summed E-state index contributed by atoms with van der Waals surface area (Å²) in [7, 11) is 1.58. The van der Waals surface area contributed by atoms with Crippen LogP contribution in [0.1, 0.15) is 30.8 Å². The molecule has 1 aromatic carbocycles. The van der Waals surface area contributed by atoms with Crippen molar-refractivity contribution in [3.05, 3.63) is 30.0 Å². The first-order chi connectivity index (χ1) is 9.11. The van der Waals surface area contributed by atoms with Crippen LogP contribution in [0.4, 0.5) is 0 Å². The van der Waals surface area contributed by atoms with Gasteiger partial charge in [-0.15, -0.1) is 0 Å². The van der Waals surface area contributed by atoms with Crippen molar-refractivity contribution in [3.63, 3.8) is 0 Å². The minimum Gasteiger partial charge on any atom is -0.493 e. The van der Waals surface area contributed by atoms with Crippen molar-refractivity contribution < 1.29 is 13.9 Å². The molecule has 2 aromatic rings. The van der Waals surface area contributed by atoms with Crippen LogP contribution in [0.25, 0.3) is 11.0 Å². The molecule has 0 atom stereocenters.